The molecule has 7 nitrogen and oxygen atoms in total. The van der Waals surface area contributed by atoms with Crippen LogP contribution in [-0.2, 0) is 23.1 Å². The first-order chi connectivity index (χ1) is 15.9. The molecule has 1 heterocycles. The molecule has 3 aromatic carbocycles. The molecule has 0 aliphatic carbocycles. The van der Waals surface area contributed by atoms with Crippen LogP contribution in [0.5, 0.6) is 0 Å². The molecule has 4 aromatic rings. The summed E-state index contributed by atoms with van der Waals surface area (Å²) >= 11 is 6.16. The van der Waals surface area contributed by atoms with Gasteiger partial charge >= 0.3 is 0 Å². The van der Waals surface area contributed by atoms with Crippen molar-refractivity contribution in [3.8, 4) is 5.69 Å². The number of para-hydroxylation sites is 1. The van der Waals surface area contributed by atoms with E-state index in [1.165, 1.54) is 18.2 Å². The van der Waals surface area contributed by atoms with Crippen molar-refractivity contribution in [1.29, 1.82) is 0 Å². The van der Waals surface area contributed by atoms with Crippen molar-refractivity contribution in [3.05, 3.63) is 113 Å². The number of amides is 1. The Balaban J connectivity index is 1.49. The van der Waals surface area contributed by atoms with Crippen LogP contribution in [0.3, 0.4) is 0 Å². The van der Waals surface area contributed by atoms with E-state index in [9.17, 15) is 13.2 Å². The molecule has 1 aromatic heterocycles. The Morgan fingerprint density at radius 2 is 1.70 bits per heavy atom. The summed E-state index contributed by atoms with van der Waals surface area (Å²) in [5.41, 5.74) is 2.70. The lowest BCUT2D eigenvalue weighted by molar-refractivity contribution is 0.0950. The second-order valence-electron chi connectivity index (χ2n) is 7.22. The normalized spacial score (nSPS) is 11.3. The summed E-state index contributed by atoms with van der Waals surface area (Å²) in [7, 11) is -3.92. The van der Waals surface area contributed by atoms with Gasteiger partial charge in [-0.25, -0.2) is 17.8 Å². The number of carbonyl (C=O) groups excluding carboxylic acids is 1. The van der Waals surface area contributed by atoms with Gasteiger partial charge in [0.2, 0.25) is 10.0 Å². The summed E-state index contributed by atoms with van der Waals surface area (Å²) < 4.78 is 29.9. The number of rotatable bonds is 8. The van der Waals surface area contributed by atoms with Crippen LogP contribution >= 0.6 is 11.6 Å². The molecule has 0 saturated carbocycles. The summed E-state index contributed by atoms with van der Waals surface area (Å²) in [5.74, 6) is -0.415. The van der Waals surface area contributed by atoms with E-state index in [1.807, 2.05) is 66.9 Å². The van der Waals surface area contributed by atoms with Crippen LogP contribution in [0.15, 0.2) is 96.2 Å². The third-order valence-corrected chi connectivity index (χ3v) is 6.86. The summed E-state index contributed by atoms with van der Waals surface area (Å²) in [6.07, 6.45) is 3.50. The predicted molar refractivity (Wildman–Crippen MR) is 127 cm³/mol. The highest BCUT2D eigenvalue weighted by Crippen LogP contribution is 2.23. The molecular weight excluding hydrogens is 460 g/mol. The molecule has 0 aliphatic rings. The number of sulfonamides is 1. The second-order valence-corrected chi connectivity index (χ2v) is 9.36. The fourth-order valence-electron chi connectivity index (χ4n) is 3.28. The largest absolute Gasteiger partial charge is 0.348 e. The highest BCUT2D eigenvalue weighted by Gasteiger charge is 2.20. The van der Waals surface area contributed by atoms with E-state index in [0.29, 0.717) is 0 Å². The van der Waals surface area contributed by atoms with Gasteiger partial charge in [-0.1, -0.05) is 60.1 Å². The van der Waals surface area contributed by atoms with Crippen LogP contribution in [0.1, 0.15) is 21.5 Å². The van der Waals surface area contributed by atoms with Crippen LogP contribution in [0.4, 0.5) is 0 Å². The van der Waals surface area contributed by atoms with Gasteiger partial charge in [-0.3, -0.25) is 4.79 Å². The average Bonchev–Trinajstić information content (AvgIpc) is 3.37. The number of nitrogens with one attached hydrogen (secondary N) is 2. The molecule has 0 radical (unpaired) electrons. The highest BCUT2D eigenvalue weighted by molar-refractivity contribution is 7.89. The first-order valence-corrected chi connectivity index (χ1v) is 12.0. The van der Waals surface area contributed by atoms with Crippen LogP contribution in [0.2, 0.25) is 5.02 Å². The highest BCUT2D eigenvalue weighted by atomic mass is 35.5. The number of hydrogen-bond donors (Lipinski definition) is 2. The van der Waals surface area contributed by atoms with Gasteiger partial charge in [-0.2, -0.15) is 5.10 Å². The molecule has 2 N–H and O–H groups in total. The Morgan fingerprint density at radius 1 is 0.939 bits per heavy atom. The molecule has 168 valence electrons. The minimum absolute atomic E-state index is 0.0381. The maximum atomic E-state index is 12.8. The minimum atomic E-state index is -3.92. The van der Waals surface area contributed by atoms with Crippen molar-refractivity contribution >= 4 is 27.5 Å². The third kappa shape index (κ3) is 5.48. The van der Waals surface area contributed by atoms with Crippen molar-refractivity contribution in [2.45, 2.75) is 18.0 Å². The van der Waals surface area contributed by atoms with E-state index >= 15 is 0 Å². The lowest BCUT2D eigenvalue weighted by Gasteiger charge is -2.12. The molecule has 0 unspecified atom stereocenters. The first kappa shape index (κ1) is 22.7. The third-order valence-electron chi connectivity index (χ3n) is 4.97. The van der Waals surface area contributed by atoms with E-state index in [0.717, 1.165) is 16.8 Å². The molecule has 0 spiro atoms. The number of hydrogen-bond acceptors (Lipinski definition) is 4. The van der Waals surface area contributed by atoms with Crippen molar-refractivity contribution in [3.63, 3.8) is 0 Å². The van der Waals surface area contributed by atoms with E-state index in [-0.39, 0.29) is 28.6 Å². The van der Waals surface area contributed by atoms with E-state index in [1.54, 1.807) is 10.9 Å². The standard InChI is InChI=1S/C24H21ClN4O3S/c25-21-12-11-19(15-23(21)33(31,32)28-16-18-7-2-1-3-8-18)24(30)26-17-20-9-4-5-10-22(20)29-14-6-13-27-29/h1-15,28H,16-17H2,(H,26,30). The van der Waals surface area contributed by atoms with Crippen LogP contribution in [-0.4, -0.2) is 24.1 Å². The zero-order chi connectivity index (χ0) is 23.3. The molecule has 1 amide bonds. The molecule has 0 saturated heterocycles. The molecule has 0 fully saturated rings. The number of benzene rings is 3. The van der Waals surface area contributed by atoms with Gasteiger partial charge in [0.1, 0.15) is 4.90 Å². The number of halogens is 1. The van der Waals surface area contributed by atoms with Crippen molar-refractivity contribution in [2.24, 2.45) is 0 Å². The Bertz CT molecular complexity index is 1360. The van der Waals surface area contributed by atoms with E-state index in [2.05, 4.69) is 15.1 Å². The summed E-state index contributed by atoms with van der Waals surface area (Å²) in [6, 6.07) is 22.7. The zero-order valence-corrected chi connectivity index (χ0v) is 19.1. The monoisotopic (exact) mass is 480 g/mol. The van der Waals surface area contributed by atoms with Crippen molar-refractivity contribution < 1.29 is 13.2 Å². The van der Waals surface area contributed by atoms with Crippen LogP contribution in [0, 0.1) is 0 Å². The Kier molecular flexibility index (Phi) is 6.88. The quantitative estimate of drug-likeness (QED) is 0.399. The topological polar surface area (TPSA) is 93.1 Å². The van der Waals surface area contributed by atoms with Gasteiger partial charge in [0.15, 0.2) is 0 Å². The van der Waals surface area contributed by atoms with Crippen molar-refractivity contribution in [2.75, 3.05) is 0 Å². The number of carbonyl (C=O) groups is 1. The van der Waals surface area contributed by atoms with Gasteiger partial charge in [0.25, 0.3) is 5.91 Å². The Labute approximate surface area is 197 Å². The number of nitrogens with zero attached hydrogens (tertiary/aromatic N) is 2. The maximum Gasteiger partial charge on any atom is 0.251 e. The lowest BCUT2D eigenvalue weighted by atomic mass is 10.1. The lowest BCUT2D eigenvalue weighted by Crippen LogP contribution is -2.26. The van der Waals surface area contributed by atoms with Gasteiger partial charge in [0, 0.05) is 31.0 Å². The van der Waals surface area contributed by atoms with E-state index in [4.69, 9.17) is 11.6 Å². The SMILES string of the molecule is O=C(NCc1ccccc1-n1cccn1)c1ccc(Cl)c(S(=O)(=O)NCc2ccccc2)c1. The van der Waals surface area contributed by atoms with Crippen LogP contribution < -0.4 is 10.0 Å². The second kappa shape index (κ2) is 9.99. The molecule has 0 atom stereocenters. The zero-order valence-electron chi connectivity index (χ0n) is 17.5. The summed E-state index contributed by atoms with van der Waals surface area (Å²) in [6.45, 7) is 0.353. The molecule has 9 heteroatoms. The van der Waals surface area contributed by atoms with Gasteiger partial charge in [-0.05, 0) is 41.5 Å². The predicted octanol–water partition coefficient (Wildman–Crippen LogP) is 3.93. The summed E-state index contributed by atoms with van der Waals surface area (Å²) in [4.78, 5) is 12.6. The minimum Gasteiger partial charge on any atom is -0.348 e. The fourth-order valence-corrected chi connectivity index (χ4v) is 4.82. The van der Waals surface area contributed by atoms with Gasteiger partial charge < -0.3 is 5.32 Å². The van der Waals surface area contributed by atoms with E-state index < -0.39 is 15.9 Å². The van der Waals surface area contributed by atoms with Crippen molar-refractivity contribution in [1.82, 2.24) is 19.8 Å². The molecule has 0 bridgehead atoms. The van der Waals surface area contributed by atoms with Gasteiger partial charge in [0.05, 0.1) is 10.7 Å². The fraction of sp³-hybridized carbons (Fsp3) is 0.0833. The smallest absolute Gasteiger partial charge is 0.251 e. The van der Waals surface area contributed by atoms with Gasteiger partial charge in [-0.15, -0.1) is 0 Å². The summed E-state index contributed by atoms with van der Waals surface area (Å²) in [5, 5.41) is 7.11. The maximum absolute atomic E-state index is 12.8. The molecule has 33 heavy (non-hydrogen) atoms. The number of aromatic nitrogens is 2. The first-order valence-electron chi connectivity index (χ1n) is 10.1. The van der Waals surface area contributed by atoms with Crippen LogP contribution in [0.25, 0.3) is 5.69 Å². The Hall–Kier alpha value is -3.46. The molecule has 4 rings (SSSR count). The molecule has 0 aliphatic heterocycles. The Morgan fingerprint density at radius 3 is 2.45 bits per heavy atom. The average molecular weight is 481 g/mol. The molecular formula is C24H21ClN4O3S.